The molecule has 5 nitrogen and oxygen atoms in total. The fourth-order valence-electron chi connectivity index (χ4n) is 3.78. The minimum Gasteiger partial charge on any atom is -0.502 e. The van der Waals surface area contributed by atoms with Crippen molar-refractivity contribution in [1.82, 2.24) is 4.90 Å². The van der Waals surface area contributed by atoms with Crippen molar-refractivity contribution in [3.63, 3.8) is 0 Å². The first-order valence-corrected chi connectivity index (χ1v) is 11.5. The van der Waals surface area contributed by atoms with E-state index in [0.717, 1.165) is 16.7 Å². The number of carbonyl (C=O) groups is 1. The van der Waals surface area contributed by atoms with Crippen molar-refractivity contribution in [3.05, 3.63) is 112 Å². The molecule has 1 atom stereocenters. The van der Waals surface area contributed by atoms with Gasteiger partial charge in [-0.2, -0.15) is 0 Å². The van der Waals surface area contributed by atoms with Crippen molar-refractivity contribution < 1.29 is 22.7 Å². The van der Waals surface area contributed by atoms with Gasteiger partial charge in [-0.1, -0.05) is 59.7 Å². The molecule has 0 bridgehead atoms. The largest absolute Gasteiger partial charge is 0.502 e. The third kappa shape index (κ3) is 3.91. The summed E-state index contributed by atoms with van der Waals surface area (Å²) in [4.78, 5) is 13.9. The topological polar surface area (TPSA) is 74.7 Å². The molecule has 3 aromatic carbocycles. The smallest absolute Gasteiger partial charge is 0.290 e. The van der Waals surface area contributed by atoms with Crippen LogP contribution in [0.3, 0.4) is 0 Å². The number of benzene rings is 3. The SMILES string of the molecule is Cc1ccc(CN2C(=O)C(O)=C(S(=O)(=O)c3ccc(C)cc3)[C@H]2c2ccc(F)cc2)cc1. The Bertz CT molecular complexity index is 1300. The Morgan fingerprint density at radius 1 is 0.875 bits per heavy atom. The van der Waals surface area contributed by atoms with E-state index in [9.17, 15) is 22.7 Å². The lowest BCUT2D eigenvalue weighted by molar-refractivity contribution is -0.130. The third-order valence-corrected chi connectivity index (χ3v) is 7.43. The molecule has 1 heterocycles. The molecule has 1 aliphatic heterocycles. The van der Waals surface area contributed by atoms with E-state index in [2.05, 4.69) is 0 Å². The van der Waals surface area contributed by atoms with Crippen LogP contribution in [0.4, 0.5) is 4.39 Å². The summed E-state index contributed by atoms with van der Waals surface area (Å²) >= 11 is 0. The van der Waals surface area contributed by atoms with Crippen molar-refractivity contribution in [1.29, 1.82) is 0 Å². The Balaban J connectivity index is 1.84. The van der Waals surface area contributed by atoms with Crippen LogP contribution in [0.1, 0.15) is 28.3 Å². The zero-order chi connectivity index (χ0) is 23.0. The molecule has 1 N–H and O–H groups in total. The van der Waals surface area contributed by atoms with E-state index >= 15 is 0 Å². The van der Waals surface area contributed by atoms with Gasteiger partial charge < -0.3 is 10.0 Å². The number of aryl methyl sites for hydroxylation is 2. The fourth-order valence-corrected chi connectivity index (χ4v) is 5.43. The summed E-state index contributed by atoms with van der Waals surface area (Å²) in [6.45, 7) is 3.85. The molecule has 0 saturated carbocycles. The molecule has 164 valence electrons. The van der Waals surface area contributed by atoms with E-state index in [4.69, 9.17) is 0 Å². The van der Waals surface area contributed by atoms with Crippen LogP contribution in [0.25, 0.3) is 0 Å². The van der Waals surface area contributed by atoms with Crippen molar-refractivity contribution >= 4 is 15.7 Å². The van der Waals surface area contributed by atoms with Gasteiger partial charge in [0, 0.05) is 6.54 Å². The van der Waals surface area contributed by atoms with Crippen molar-refractivity contribution in [2.45, 2.75) is 31.3 Å². The Morgan fingerprint density at radius 3 is 1.97 bits per heavy atom. The third-order valence-electron chi connectivity index (χ3n) is 5.54. The van der Waals surface area contributed by atoms with Gasteiger partial charge in [0.2, 0.25) is 9.84 Å². The second-order valence-corrected chi connectivity index (χ2v) is 9.82. The highest BCUT2D eigenvalue weighted by Crippen LogP contribution is 2.43. The monoisotopic (exact) mass is 451 g/mol. The number of sulfone groups is 1. The van der Waals surface area contributed by atoms with Gasteiger partial charge in [0.1, 0.15) is 10.7 Å². The molecule has 0 spiro atoms. The molecular formula is C25H22FNO4S. The molecule has 3 aromatic rings. The summed E-state index contributed by atoms with van der Waals surface area (Å²) in [5.41, 5.74) is 3.08. The Hall–Kier alpha value is -3.45. The zero-order valence-corrected chi connectivity index (χ0v) is 18.4. The normalized spacial score (nSPS) is 16.7. The van der Waals surface area contributed by atoms with E-state index in [1.807, 2.05) is 38.1 Å². The lowest BCUT2D eigenvalue weighted by Gasteiger charge is -2.27. The summed E-state index contributed by atoms with van der Waals surface area (Å²) in [6.07, 6.45) is 0. The molecule has 0 saturated heterocycles. The molecule has 7 heteroatoms. The molecule has 4 rings (SSSR count). The standard InChI is InChI=1S/C25H22FNO4S/c1-16-3-7-18(8-4-16)15-27-22(19-9-11-20(26)12-10-19)24(23(28)25(27)29)32(30,31)21-13-5-17(2)6-14-21/h3-14,22,28H,15H2,1-2H3/t22-/m1/s1. The van der Waals surface area contributed by atoms with Crippen LogP contribution < -0.4 is 0 Å². The van der Waals surface area contributed by atoms with E-state index in [-0.39, 0.29) is 11.4 Å². The fraction of sp³-hybridized carbons (Fsp3) is 0.160. The minimum absolute atomic E-state index is 0.0262. The van der Waals surface area contributed by atoms with E-state index < -0.39 is 38.3 Å². The molecule has 0 fully saturated rings. The lowest BCUT2D eigenvalue weighted by atomic mass is 10.1. The van der Waals surface area contributed by atoms with Crippen LogP contribution in [-0.2, 0) is 21.2 Å². The van der Waals surface area contributed by atoms with E-state index in [0.29, 0.717) is 5.56 Å². The van der Waals surface area contributed by atoms with Crippen LogP contribution in [-0.4, -0.2) is 24.3 Å². The van der Waals surface area contributed by atoms with Crippen molar-refractivity contribution in [2.24, 2.45) is 0 Å². The highest BCUT2D eigenvalue weighted by atomic mass is 32.2. The summed E-state index contributed by atoms with van der Waals surface area (Å²) in [7, 11) is -4.20. The highest BCUT2D eigenvalue weighted by molar-refractivity contribution is 7.95. The van der Waals surface area contributed by atoms with E-state index in [1.54, 1.807) is 12.1 Å². The molecule has 0 radical (unpaired) electrons. The maximum absolute atomic E-state index is 13.6. The van der Waals surface area contributed by atoms with Gasteiger partial charge in [-0.25, -0.2) is 12.8 Å². The molecule has 32 heavy (non-hydrogen) atoms. The second kappa shape index (κ2) is 8.24. The van der Waals surface area contributed by atoms with Crippen molar-refractivity contribution in [2.75, 3.05) is 0 Å². The maximum Gasteiger partial charge on any atom is 0.290 e. The first-order chi connectivity index (χ1) is 15.2. The molecule has 0 unspecified atom stereocenters. The number of hydrogen-bond donors (Lipinski definition) is 1. The van der Waals surface area contributed by atoms with Crippen LogP contribution in [0, 0.1) is 19.7 Å². The van der Waals surface area contributed by atoms with Crippen LogP contribution >= 0.6 is 0 Å². The number of aliphatic hydroxyl groups is 1. The Kier molecular flexibility index (Phi) is 5.60. The maximum atomic E-state index is 13.6. The van der Waals surface area contributed by atoms with Gasteiger partial charge in [-0.05, 0) is 49.2 Å². The number of carbonyl (C=O) groups excluding carboxylic acids is 1. The molecule has 1 amide bonds. The number of rotatable bonds is 5. The zero-order valence-electron chi connectivity index (χ0n) is 17.6. The molecule has 0 aromatic heterocycles. The number of aliphatic hydroxyl groups excluding tert-OH is 1. The number of halogens is 1. The Labute approximate surface area is 186 Å². The van der Waals surface area contributed by atoms with E-state index in [1.165, 1.54) is 41.3 Å². The molecular weight excluding hydrogens is 429 g/mol. The highest BCUT2D eigenvalue weighted by Gasteiger charge is 2.46. The van der Waals surface area contributed by atoms with Crippen LogP contribution in [0.5, 0.6) is 0 Å². The van der Waals surface area contributed by atoms with Gasteiger partial charge in [-0.15, -0.1) is 0 Å². The molecule has 0 aliphatic carbocycles. The summed E-state index contributed by atoms with van der Waals surface area (Å²) in [5.74, 6) is -2.09. The van der Waals surface area contributed by atoms with Gasteiger partial charge in [0.05, 0.1) is 10.9 Å². The van der Waals surface area contributed by atoms with Gasteiger partial charge in [-0.3, -0.25) is 4.79 Å². The van der Waals surface area contributed by atoms with Gasteiger partial charge in [0.25, 0.3) is 5.91 Å². The summed E-state index contributed by atoms with van der Waals surface area (Å²) in [5, 5.41) is 10.7. The first-order valence-electron chi connectivity index (χ1n) is 10.1. The second-order valence-electron chi connectivity index (χ2n) is 7.90. The average molecular weight is 452 g/mol. The lowest BCUT2D eigenvalue weighted by Crippen LogP contribution is -2.30. The Morgan fingerprint density at radius 2 is 1.41 bits per heavy atom. The van der Waals surface area contributed by atoms with Crippen LogP contribution in [0.2, 0.25) is 0 Å². The van der Waals surface area contributed by atoms with Gasteiger partial charge in [0.15, 0.2) is 5.76 Å². The summed E-state index contributed by atoms with van der Waals surface area (Å²) < 4.78 is 40.6. The average Bonchev–Trinajstić information content (AvgIpc) is 3.01. The van der Waals surface area contributed by atoms with Crippen LogP contribution in [0.15, 0.2) is 88.4 Å². The predicted octanol–water partition coefficient (Wildman–Crippen LogP) is 4.77. The molecule has 1 aliphatic rings. The van der Waals surface area contributed by atoms with Crippen molar-refractivity contribution in [3.8, 4) is 0 Å². The minimum atomic E-state index is -4.20. The number of amides is 1. The quantitative estimate of drug-likeness (QED) is 0.606. The first kappa shape index (κ1) is 21.8. The number of nitrogens with zero attached hydrogens (tertiary/aromatic N) is 1. The van der Waals surface area contributed by atoms with Gasteiger partial charge >= 0.3 is 0 Å². The summed E-state index contributed by atoms with van der Waals surface area (Å²) in [6, 6.07) is 17.8. The number of hydrogen-bond acceptors (Lipinski definition) is 4. The predicted molar refractivity (Wildman–Crippen MR) is 119 cm³/mol.